The first kappa shape index (κ1) is 70.0. The van der Waals surface area contributed by atoms with Crippen LogP contribution >= 0.6 is 0 Å². The van der Waals surface area contributed by atoms with E-state index >= 15 is 23.6 Å². The van der Waals surface area contributed by atoms with E-state index in [1.165, 1.54) is 50.3 Å². The Morgan fingerprint density at radius 2 is 1.42 bits per heavy atom. The summed E-state index contributed by atoms with van der Waals surface area (Å²) in [6.45, 7) is 3.54. The van der Waals surface area contributed by atoms with E-state index < -0.39 is 138 Å². The number of aliphatic hydroxyl groups excluding tert-OH is 2. The number of amides is 10. The van der Waals surface area contributed by atoms with Crippen LogP contribution in [0.15, 0.2) is 97.2 Å². The van der Waals surface area contributed by atoms with Crippen LogP contribution < -0.4 is 58.3 Å². The van der Waals surface area contributed by atoms with Crippen molar-refractivity contribution in [2.24, 2.45) is 5.73 Å². The van der Waals surface area contributed by atoms with Crippen molar-refractivity contribution in [3.05, 3.63) is 136 Å². The normalized spacial score (nSPS) is 26.8. The lowest BCUT2D eigenvalue weighted by atomic mass is 9.95. The Labute approximate surface area is 548 Å². The summed E-state index contributed by atoms with van der Waals surface area (Å²) in [6.07, 6.45) is -3.17. The summed E-state index contributed by atoms with van der Waals surface area (Å²) in [5, 5.41) is 48.0. The van der Waals surface area contributed by atoms with Crippen LogP contribution in [0.4, 0.5) is 4.39 Å². The summed E-state index contributed by atoms with van der Waals surface area (Å²) in [5.74, 6) is -7.52. The maximum Gasteiger partial charge on any atom is 0.246 e. The topological polar surface area (TPSA) is 386 Å². The molecule has 6 heterocycles. The Kier molecular flexibility index (Phi) is 23.4. The largest absolute Gasteiger partial charge is 0.497 e. The molecule has 508 valence electrons. The fraction of sp³-hybridized carbons (Fsp3) is 0.463. The number of nitrogens with one attached hydrogen (secondary N) is 10. The average Bonchev–Trinajstić information content (AvgIpc) is 1.71. The predicted molar refractivity (Wildman–Crippen MR) is 343 cm³/mol. The summed E-state index contributed by atoms with van der Waals surface area (Å²) >= 11 is 0. The number of ether oxygens (including phenoxy) is 2. The lowest BCUT2D eigenvalue weighted by Gasteiger charge is -2.37. The minimum absolute atomic E-state index is 0.0389. The molecule has 8 bridgehead atoms. The van der Waals surface area contributed by atoms with E-state index in [1.807, 2.05) is 24.3 Å². The third-order valence-corrected chi connectivity index (χ3v) is 17.9. The molecule has 28 heteroatoms. The number of nitrogens with zero attached hydrogens (tertiary/aromatic N) is 2. The van der Waals surface area contributed by atoms with Gasteiger partial charge >= 0.3 is 0 Å². The van der Waals surface area contributed by atoms with Gasteiger partial charge < -0.3 is 82.7 Å². The lowest BCUT2D eigenvalue weighted by molar-refractivity contribution is -0.148. The first-order chi connectivity index (χ1) is 45.5. The molecule has 0 spiro atoms. The third kappa shape index (κ3) is 17.7. The van der Waals surface area contributed by atoms with Gasteiger partial charge in [0.05, 0.1) is 31.4 Å². The lowest BCUT2D eigenvalue weighted by Crippen LogP contribution is -2.64. The van der Waals surface area contributed by atoms with Crippen LogP contribution in [0.25, 0.3) is 10.9 Å². The minimum atomic E-state index is -1.83. The van der Waals surface area contributed by atoms with Gasteiger partial charge in [0.25, 0.3) is 0 Å². The van der Waals surface area contributed by atoms with E-state index in [2.05, 4.69) is 52.8 Å². The monoisotopic (exact) mass is 1310 g/mol. The standard InChI is InChI=1S/C67H84FN13O14/c1-37-59(86)76-49-29-42-7-5-8-43(27-42)34-73-56(85)36-95-53-22-26-80(64(91)51(77-60(49)87)30-44-35-71-48-18-15-45(68)31-47(44)48)58(53)63(90)79-57(38(2)82)62(89)78-50(28-40-13-16-46(94-4)17-14-40)65(92)81-25-6-23-67(81,3)66(93)70-24-21-39-9-11-41(12-10-39)33-72-54(83)19-20-55(84)75-52(32-69)61(88)74-37/h5,7-18,27,31,35,37-38,49-53,57-58,61,71,74,82,88H,6,19-26,28-30,32-34,36,69H2,1-4H3,(H,70,93)(H,72,83)(H,73,85)(H,75,84)(H,76,86)(H,77,87)(H,78,89)(H,79,90)/t37-,38-,49+,50+,51+,52+,53+,57+,58+,61?,67+/m1/s1. The highest BCUT2D eigenvalue weighted by Gasteiger charge is 2.49. The van der Waals surface area contributed by atoms with Gasteiger partial charge in [0, 0.05) is 88.5 Å². The summed E-state index contributed by atoms with van der Waals surface area (Å²) in [4.78, 5) is 150. The molecular weight excluding hydrogens is 1230 g/mol. The number of fused-ring (bicyclic) bond motifs is 26. The van der Waals surface area contributed by atoms with Crippen LogP contribution in [-0.2, 0) is 91.5 Å². The number of halogens is 1. The second kappa shape index (κ2) is 31.7. The van der Waals surface area contributed by atoms with Gasteiger partial charge in [-0.1, -0.05) is 60.7 Å². The van der Waals surface area contributed by atoms with Crippen molar-refractivity contribution < 1.29 is 72.0 Å². The molecule has 1 unspecified atom stereocenters. The second-order valence-electron chi connectivity index (χ2n) is 24.8. The predicted octanol–water partition coefficient (Wildman–Crippen LogP) is -0.831. The number of H-pyrrole nitrogens is 1. The van der Waals surface area contributed by atoms with Gasteiger partial charge in [-0.25, -0.2) is 4.39 Å². The summed E-state index contributed by atoms with van der Waals surface area (Å²) in [7, 11) is 1.49. The van der Waals surface area contributed by atoms with Gasteiger partial charge in [0.15, 0.2) is 0 Å². The summed E-state index contributed by atoms with van der Waals surface area (Å²) < 4.78 is 26.5. The molecule has 5 aliphatic heterocycles. The molecule has 4 aromatic carbocycles. The maximum absolute atomic E-state index is 15.6. The van der Waals surface area contributed by atoms with Crippen molar-refractivity contribution >= 4 is 70.0 Å². The Bertz CT molecular complexity index is 3630. The molecule has 0 radical (unpaired) electrons. The van der Waals surface area contributed by atoms with Crippen molar-refractivity contribution in [3.63, 3.8) is 0 Å². The van der Waals surface area contributed by atoms with Gasteiger partial charge in [0.1, 0.15) is 60.1 Å². The number of aromatic amines is 1. The van der Waals surface area contributed by atoms with E-state index in [4.69, 9.17) is 15.2 Å². The number of rotatable bonds is 7. The number of carbonyl (C=O) groups is 10. The van der Waals surface area contributed by atoms with Crippen LogP contribution in [0.5, 0.6) is 5.75 Å². The quantitative estimate of drug-likeness (QED) is 0.0885. The zero-order chi connectivity index (χ0) is 68.1. The zero-order valence-electron chi connectivity index (χ0n) is 53.5. The van der Waals surface area contributed by atoms with Crippen molar-refractivity contribution in [2.45, 2.75) is 158 Å². The second-order valence-corrected chi connectivity index (χ2v) is 24.8. The highest BCUT2D eigenvalue weighted by atomic mass is 19.1. The number of methoxy groups -OCH3 is 1. The average molecular weight is 1310 g/mol. The number of carbonyl (C=O) groups excluding carboxylic acids is 10. The smallest absolute Gasteiger partial charge is 0.246 e. The van der Waals surface area contributed by atoms with Crippen molar-refractivity contribution in [1.82, 2.24) is 62.6 Å². The summed E-state index contributed by atoms with van der Waals surface area (Å²) in [5.41, 5.74) is 8.70. The summed E-state index contributed by atoms with van der Waals surface area (Å²) in [6, 6.07) is 14.3. The Balaban J connectivity index is 1.07. The van der Waals surface area contributed by atoms with Crippen LogP contribution in [0.2, 0.25) is 0 Å². The van der Waals surface area contributed by atoms with Gasteiger partial charge in [-0.15, -0.1) is 0 Å². The van der Waals surface area contributed by atoms with Crippen molar-refractivity contribution in [3.8, 4) is 5.75 Å². The number of benzene rings is 4. The molecular formula is C67H84FN13O14. The molecule has 11 atom stereocenters. The number of hydrogen-bond donors (Lipinski definition) is 13. The van der Waals surface area contributed by atoms with E-state index in [0.717, 1.165) is 16.0 Å². The SMILES string of the molecule is COc1ccc(C[C@@H]2NC(=O)[C@H]([C@@H](C)O)NC(=O)[C@@H]3[C@@H]4CCN3C(=O)[C@H](Cc3c[nH]c5ccc(F)cc35)NC(=O)[C@H](Cc3cccc(c3)CNC(=O)CO4)NC(=O)[C@@H](C)NC(O)[C@H](CN)NC(=O)CCC(=O)NCc3ccc(cc3)CCNC(=O)[C@]3(C)CCCN3C2=O)cc1. The minimum Gasteiger partial charge on any atom is -0.497 e. The molecule has 5 aliphatic rings. The molecule has 0 saturated carbocycles. The van der Waals surface area contributed by atoms with E-state index in [1.54, 1.807) is 55.5 Å². The van der Waals surface area contributed by atoms with E-state index in [9.17, 15) is 39.0 Å². The van der Waals surface area contributed by atoms with Gasteiger partial charge in [0.2, 0.25) is 59.1 Å². The molecule has 27 nitrogen and oxygen atoms in total. The fourth-order valence-electron chi connectivity index (χ4n) is 12.4. The van der Waals surface area contributed by atoms with E-state index in [0.29, 0.717) is 51.7 Å². The van der Waals surface area contributed by atoms with Crippen LogP contribution in [-0.4, -0.2) is 190 Å². The Morgan fingerprint density at radius 1 is 0.726 bits per heavy atom. The molecule has 1 aromatic heterocycles. The molecule has 0 aliphatic carbocycles. The number of aromatic nitrogens is 1. The van der Waals surface area contributed by atoms with Crippen LogP contribution in [0.1, 0.15) is 86.3 Å². The third-order valence-electron chi connectivity index (χ3n) is 17.9. The molecule has 10 amide bonds. The molecule has 2 fully saturated rings. The number of nitrogens with two attached hydrogens (primary N) is 1. The van der Waals surface area contributed by atoms with Crippen molar-refractivity contribution in [2.75, 3.05) is 39.9 Å². The van der Waals surface area contributed by atoms with Gasteiger partial charge in [-0.2, -0.15) is 0 Å². The number of aliphatic hydroxyl groups is 2. The Morgan fingerprint density at radius 3 is 2.16 bits per heavy atom. The number of hydrogen-bond acceptors (Lipinski definition) is 16. The van der Waals surface area contributed by atoms with Crippen molar-refractivity contribution in [1.29, 1.82) is 0 Å². The highest BCUT2D eigenvalue weighted by molar-refractivity contribution is 5.99. The Hall–Kier alpha value is -9.35. The molecule has 95 heavy (non-hydrogen) atoms. The molecule has 5 aromatic rings. The first-order valence-electron chi connectivity index (χ1n) is 31.9. The van der Waals surface area contributed by atoms with Gasteiger partial charge in [-0.05, 0) is 110 Å². The molecule has 10 rings (SSSR count). The zero-order valence-corrected chi connectivity index (χ0v) is 53.5. The maximum atomic E-state index is 15.6. The fourth-order valence-corrected chi connectivity index (χ4v) is 12.4. The van der Waals surface area contributed by atoms with E-state index in [-0.39, 0.29) is 84.2 Å². The van der Waals surface area contributed by atoms with Crippen LogP contribution in [0.3, 0.4) is 0 Å². The molecule has 14 N–H and O–H groups in total. The highest BCUT2D eigenvalue weighted by Crippen LogP contribution is 2.32. The van der Waals surface area contributed by atoms with Gasteiger partial charge in [-0.3, -0.25) is 53.3 Å². The molecule has 2 saturated heterocycles. The van der Waals surface area contributed by atoms with Crippen LogP contribution in [0, 0.1) is 5.82 Å². The first-order valence-corrected chi connectivity index (χ1v) is 31.9.